The molecule has 3 rings (SSSR count). The maximum Gasteiger partial charge on any atom is 0.251 e. The Morgan fingerprint density at radius 2 is 1.04 bits per heavy atom. The molecule has 0 unspecified atom stereocenters. The van der Waals surface area contributed by atoms with Crippen LogP contribution in [0.25, 0.3) is 0 Å². The number of hydrogen-bond donors (Lipinski definition) is 9. The van der Waals surface area contributed by atoms with Gasteiger partial charge in [-0.3, -0.25) is 29.2 Å². The highest BCUT2D eigenvalue weighted by Gasteiger charge is 2.34. The summed E-state index contributed by atoms with van der Waals surface area (Å²) in [6.07, 6.45) is 8.67. The Labute approximate surface area is 307 Å². The monoisotopic (exact) mass is 722 g/mol. The predicted octanol–water partition coefficient (Wildman–Crippen LogP) is 3.29. The van der Waals surface area contributed by atoms with E-state index in [9.17, 15) is 24.0 Å². The number of anilines is 2. The Kier molecular flexibility index (Phi) is 20.0. The number of nitrogens with one attached hydrogen (secondary N) is 7. The number of rotatable bonds is 27. The average molecular weight is 723 g/mol. The molecule has 2 aromatic carbocycles. The summed E-state index contributed by atoms with van der Waals surface area (Å²) in [4.78, 5) is 59.8. The van der Waals surface area contributed by atoms with Gasteiger partial charge in [0.1, 0.15) is 0 Å². The smallest absolute Gasteiger partial charge is 0.251 e. The van der Waals surface area contributed by atoms with Crippen molar-refractivity contribution < 1.29 is 29.2 Å². The first-order valence-corrected chi connectivity index (χ1v) is 18.7. The van der Waals surface area contributed by atoms with Crippen LogP contribution in [0.4, 0.5) is 11.4 Å². The molecule has 1 aliphatic carbocycles. The minimum atomic E-state index is -0.399. The summed E-state index contributed by atoms with van der Waals surface area (Å²) in [5.74, 6) is -0.521. The van der Waals surface area contributed by atoms with Gasteiger partial charge in [0.05, 0.1) is 0 Å². The van der Waals surface area contributed by atoms with Crippen LogP contribution >= 0.6 is 0 Å². The maximum atomic E-state index is 12.4. The minimum Gasteiger partial charge on any atom is -0.356 e. The first-order chi connectivity index (χ1) is 25.2. The molecule has 10 N–H and O–H groups in total. The van der Waals surface area contributed by atoms with E-state index >= 15 is 0 Å². The number of benzene rings is 2. The van der Waals surface area contributed by atoms with Gasteiger partial charge in [0.2, 0.25) is 23.6 Å². The lowest BCUT2D eigenvalue weighted by Gasteiger charge is -2.09. The third-order valence-corrected chi connectivity index (χ3v) is 8.78. The number of hydroxylamine groups is 1. The van der Waals surface area contributed by atoms with E-state index in [4.69, 9.17) is 10.9 Å². The molecule has 14 nitrogen and oxygen atoms in total. The lowest BCUT2D eigenvalue weighted by atomic mass is 10.1. The van der Waals surface area contributed by atoms with Crippen LogP contribution in [0.3, 0.4) is 0 Å². The lowest BCUT2D eigenvalue weighted by molar-refractivity contribution is -0.129. The summed E-state index contributed by atoms with van der Waals surface area (Å²) < 4.78 is 0. The topological polar surface area (TPSA) is 216 Å². The van der Waals surface area contributed by atoms with Gasteiger partial charge in [0, 0.05) is 67.7 Å². The SMILES string of the molecule is N[C@@H]1C[C@H]1c1ccc(NC(=O)CCC(=O)NCCCNCCCCNCCCNC(=O)c2ccc(NC(=O)CCCCCCC(=O)NO)cc2)cc1. The Morgan fingerprint density at radius 1 is 0.558 bits per heavy atom. The number of carbonyl (C=O) groups excluding carboxylic acids is 5. The third-order valence-electron chi connectivity index (χ3n) is 8.78. The molecular formula is C38H58N8O6. The largest absolute Gasteiger partial charge is 0.356 e. The predicted molar refractivity (Wildman–Crippen MR) is 202 cm³/mol. The van der Waals surface area contributed by atoms with E-state index in [0.29, 0.717) is 49.5 Å². The molecule has 0 heterocycles. The van der Waals surface area contributed by atoms with Gasteiger partial charge in [-0.1, -0.05) is 25.0 Å². The van der Waals surface area contributed by atoms with Crippen molar-refractivity contribution >= 4 is 40.9 Å². The van der Waals surface area contributed by atoms with E-state index in [1.807, 2.05) is 24.3 Å². The molecule has 2 atom stereocenters. The van der Waals surface area contributed by atoms with Crippen molar-refractivity contribution in [2.24, 2.45) is 5.73 Å². The molecule has 0 saturated heterocycles. The summed E-state index contributed by atoms with van der Waals surface area (Å²) in [5, 5.41) is 26.7. The van der Waals surface area contributed by atoms with Crippen molar-refractivity contribution in [1.29, 1.82) is 0 Å². The van der Waals surface area contributed by atoms with Crippen LogP contribution in [0.5, 0.6) is 0 Å². The van der Waals surface area contributed by atoms with E-state index < -0.39 is 5.91 Å². The van der Waals surface area contributed by atoms with Crippen LogP contribution in [-0.4, -0.2) is 80.1 Å². The molecule has 0 radical (unpaired) electrons. The van der Waals surface area contributed by atoms with E-state index in [2.05, 4.69) is 31.9 Å². The Hall–Kier alpha value is -4.37. The first kappa shape index (κ1) is 42.0. The van der Waals surface area contributed by atoms with Crippen LogP contribution in [0.2, 0.25) is 0 Å². The molecule has 0 spiro atoms. The minimum absolute atomic E-state index is 0.0962. The zero-order valence-electron chi connectivity index (χ0n) is 30.3. The summed E-state index contributed by atoms with van der Waals surface area (Å²) >= 11 is 0. The quantitative estimate of drug-likeness (QED) is 0.0375. The fourth-order valence-electron chi connectivity index (χ4n) is 5.57. The zero-order valence-corrected chi connectivity index (χ0v) is 30.3. The van der Waals surface area contributed by atoms with E-state index in [1.165, 1.54) is 5.56 Å². The number of carbonyl (C=O) groups is 5. The number of hydrogen-bond acceptors (Lipinski definition) is 9. The second-order valence-corrected chi connectivity index (χ2v) is 13.3. The van der Waals surface area contributed by atoms with Gasteiger partial charge in [0.15, 0.2) is 0 Å². The van der Waals surface area contributed by atoms with Gasteiger partial charge < -0.3 is 37.6 Å². The first-order valence-electron chi connectivity index (χ1n) is 18.7. The molecule has 0 bridgehead atoms. The van der Waals surface area contributed by atoms with E-state index in [1.54, 1.807) is 29.7 Å². The van der Waals surface area contributed by atoms with Gasteiger partial charge in [-0.25, -0.2) is 5.48 Å². The van der Waals surface area contributed by atoms with Crippen LogP contribution in [-0.2, 0) is 19.2 Å². The standard InChI is InChI=1S/C38H58N8O6/c39-33-27-32(33)28-11-15-30(16-12-28)45-36(49)20-19-34(47)42-25-7-23-40-21-5-6-22-41-24-8-26-43-38(51)29-13-17-31(18-14-29)44-35(48)9-3-1-2-4-10-37(50)46-52/h11-18,32-33,40-41,52H,1-10,19-27,39H2,(H,42,47)(H,43,51)(H,44,48)(H,45,49)(H,46,50)/t32-,33+/m0/s1. The number of nitrogens with two attached hydrogens (primary N) is 1. The molecule has 1 aliphatic rings. The molecular weight excluding hydrogens is 664 g/mol. The molecule has 14 heteroatoms. The molecule has 0 aromatic heterocycles. The summed E-state index contributed by atoms with van der Waals surface area (Å²) in [7, 11) is 0. The zero-order chi connectivity index (χ0) is 37.4. The maximum absolute atomic E-state index is 12.4. The highest BCUT2D eigenvalue weighted by atomic mass is 16.5. The molecule has 1 saturated carbocycles. The van der Waals surface area contributed by atoms with E-state index in [-0.39, 0.29) is 48.9 Å². The fraction of sp³-hybridized carbons (Fsp3) is 0.553. The third kappa shape index (κ3) is 18.2. The van der Waals surface area contributed by atoms with Crippen LogP contribution in [0, 0.1) is 0 Å². The van der Waals surface area contributed by atoms with Crippen molar-refractivity contribution in [2.75, 3.05) is 49.9 Å². The Bertz CT molecular complexity index is 1390. The fourth-order valence-corrected chi connectivity index (χ4v) is 5.57. The average Bonchev–Trinajstić information content (AvgIpc) is 3.88. The van der Waals surface area contributed by atoms with E-state index in [0.717, 1.165) is 76.8 Å². The van der Waals surface area contributed by atoms with Crippen molar-refractivity contribution in [1.82, 2.24) is 26.7 Å². The Balaban J connectivity index is 1.07. The van der Waals surface area contributed by atoms with Gasteiger partial charge in [-0.15, -0.1) is 0 Å². The van der Waals surface area contributed by atoms with Gasteiger partial charge >= 0.3 is 0 Å². The molecule has 286 valence electrons. The van der Waals surface area contributed by atoms with Crippen LogP contribution in [0.15, 0.2) is 48.5 Å². The lowest BCUT2D eigenvalue weighted by Crippen LogP contribution is -2.29. The van der Waals surface area contributed by atoms with Crippen molar-refractivity contribution in [2.45, 2.75) is 95.4 Å². The van der Waals surface area contributed by atoms with Crippen molar-refractivity contribution in [3.05, 3.63) is 59.7 Å². The van der Waals surface area contributed by atoms with Gasteiger partial charge in [-0.2, -0.15) is 0 Å². The van der Waals surface area contributed by atoms with Gasteiger partial charge in [0.25, 0.3) is 5.91 Å². The van der Waals surface area contributed by atoms with Crippen LogP contribution in [0.1, 0.15) is 105 Å². The summed E-state index contributed by atoms with van der Waals surface area (Å²) in [6, 6.07) is 14.8. The molecule has 2 aromatic rings. The molecule has 1 fully saturated rings. The number of amides is 5. The highest BCUT2D eigenvalue weighted by Crippen LogP contribution is 2.39. The molecule has 5 amide bonds. The van der Waals surface area contributed by atoms with Crippen molar-refractivity contribution in [3.8, 4) is 0 Å². The van der Waals surface area contributed by atoms with Gasteiger partial charge in [-0.05, 0) is 113 Å². The van der Waals surface area contributed by atoms with Crippen LogP contribution < -0.4 is 43.1 Å². The summed E-state index contributed by atoms with van der Waals surface area (Å²) in [6.45, 7) is 4.55. The van der Waals surface area contributed by atoms with Crippen molar-refractivity contribution in [3.63, 3.8) is 0 Å². The molecule has 52 heavy (non-hydrogen) atoms. The second-order valence-electron chi connectivity index (χ2n) is 13.3. The molecule has 0 aliphatic heterocycles. The normalized spacial score (nSPS) is 14.7. The second kappa shape index (κ2) is 24.8. The highest BCUT2D eigenvalue weighted by molar-refractivity contribution is 5.96. The summed E-state index contributed by atoms with van der Waals surface area (Å²) in [5.41, 5.74) is 10.6. The number of unbranched alkanes of at least 4 members (excludes halogenated alkanes) is 4. The Morgan fingerprint density at radius 3 is 1.60 bits per heavy atom.